The van der Waals surface area contributed by atoms with Crippen molar-refractivity contribution in [3.8, 4) is 22.1 Å². The lowest BCUT2D eigenvalue weighted by atomic mass is 10.1. The third-order valence-corrected chi connectivity index (χ3v) is 6.35. The third-order valence-electron chi connectivity index (χ3n) is 5.33. The highest BCUT2D eigenvalue weighted by Crippen LogP contribution is 2.32. The molecule has 0 aliphatic heterocycles. The van der Waals surface area contributed by atoms with Crippen LogP contribution in [-0.4, -0.2) is 41.7 Å². The number of methoxy groups -OCH3 is 2. The second-order valence-electron chi connectivity index (χ2n) is 7.42. The predicted molar refractivity (Wildman–Crippen MR) is 125 cm³/mol. The fourth-order valence-electron chi connectivity index (χ4n) is 3.66. The average molecular weight is 452 g/mol. The van der Waals surface area contributed by atoms with Gasteiger partial charge in [0, 0.05) is 18.0 Å². The predicted octanol–water partition coefficient (Wildman–Crippen LogP) is 5.25. The minimum Gasteiger partial charge on any atom is -0.493 e. The summed E-state index contributed by atoms with van der Waals surface area (Å²) in [6.45, 7) is 6.79. The van der Waals surface area contributed by atoms with E-state index in [1.807, 2.05) is 57.2 Å². The van der Waals surface area contributed by atoms with Crippen LogP contribution in [0.4, 0.5) is 0 Å². The Kier molecular flexibility index (Phi) is 6.14. The van der Waals surface area contributed by atoms with Crippen molar-refractivity contribution in [2.45, 2.75) is 27.3 Å². The summed E-state index contributed by atoms with van der Waals surface area (Å²) in [5.74, 6) is 1.18. The molecule has 0 unspecified atom stereocenters. The lowest BCUT2D eigenvalue weighted by Crippen LogP contribution is -2.30. The fourth-order valence-corrected chi connectivity index (χ4v) is 4.49. The number of carbonyl (C=O) groups excluding carboxylic acids is 1. The van der Waals surface area contributed by atoms with Crippen molar-refractivity contribution in [2.24, 2.45) is 0 Å². The molecular formula is C24H25N3O4S. The minimum atomic E-state index is -0.101. The normalized spacial score (nSPS) is 11.0. The van der Waals surface area contributed by atoms with Crippen LogP contribution in [-0.2, 0) is 6.54 Å². The summed E-state index contributed by atoms with van der Waals surface area (Å²) < 4.78 is 16.2. The molecule has 1 amide bonds. The Morgan fingerprint density at radius 2 is 1.88 bits per heavy atom. The summed E-state index contributed by atoms with van der Waals surface area (Å²) in [6, 6.07) is 11.6. The standard InChI is InChI=1S/C24H25N3O4S/c1-6-27(13-16-8-9-19(29-4)20(11-16)30-5)24(28)17-12-18(21-10-7-14(2)32-21)25-23-22(17)15(3)26-31-23/h7-12H,6,13H2,1-5H3. The molecule has 0 bridgehead atoms. The SMILES string of the molecule is CCN(Cc1ccc(OC)c(OC)c1)C(=O)c1cc(-c2ccc(C)s2)nc2onc(C)c12. The molecular weight excluding hydrogens is 426 g/mol. The smallest absolute Gasteiger partial charge is 0.259 e. The summed E-state index contributed by atoms with van der Waals surface area (Å²) in [7, 11) is 3.20. The molecule has 0 aliphatic rings. The van der Waals surface area contributed by atoms with E-state index in [2.05, 4.69) is 10.1 Å². The number of benzene rings is 1. The van der Waals surface area contributed by atoms with Gasteiger partial charge in [0.15, 0.2) is 11.5 Å². The van der Waals surface area contributed by atoms with Crippen LogP contribution in [0.25, 0.3) is 21.7 Å². The zero-order valence-corrected chi connectivity index (χ0v) is 19.6. The summed E-state index contributed by atoms with van der Waals surface area (Å²) in [4.78, 5) is 22.2. The number of fused-ring (bicyclic) bond motifs is 1. The van der Waals surface area contributed by atoms with Crippen LogP contribution in [0.15, 0.2) is 40.9 Å². The van der Waals surface area contributed by atoms with Crippen molar-refractivity contribution in [1.29, 1.82) is 0 Å². The Morgan fingerprint density at radius 1 is 1.09 bits per heavy atom. The van der Waals surface area contributed by atoms with Crippen molar-refractivity contribution in [3.05, 3.63) is 58.1 Å². The Balaban J connectivity index is 1.73. The van der Waals surface area contributed by atoms with Crippen molar-refractivity contribution in [3.63, 3.8) is 0 Å². The molecule has 8 heteroatoms. The molecule has 0 spiro atoms. The first-order valence-electron chi connectivity index (χ1n) is 10.3. The lowest BCUT2D eigenvalue weighted by molar-refractivity contribution is 0.0754. The van der Waals surface area contributed by atoms with Crippen molar-refractivity contribution >= 4 is 28.3 Å². The van der Waals surface area contributed by atoms with Crippen molar-refractivity contribution < 1.29 is 18.8 Å². The van der Waals surface area contributed by atoms with E-state index in [0.717, 1.165) is 10.4 Å². The van der Waals surface area contributed by atoms with Crippen LogP contribution >= 0.6 is 11.3 Å². The number of nitrogens with zero attached hydrogens (tertiary/aromatic N) is 3. The van der Waals surface area contributed by atoms with Gasteiger partial charge in [0.25, 0.3) is 11.6 Å². The first-order chi connectivity index (χ1) is 15.4. The Morgan fingerprint density at radius 3 is 2.53 bits per heavy atom. The molecule has 4 aromatic rings. The highest BCUT2D eigenvalue weighted by Gasteiger charge is 2.23. The maximum Gasteiger partial charge on any atom is 0.259 e. The van der Waals surface area contributed by atoms with Crippen molar-refractivity contribution in [2.75, 3.05) is 20.8 Å². The Labute approximate surface area is 190 Å². The number of hydrogen-bond acceptors (Lipinski definition) is 7. The van der Waals surface area contributed by atoms with Gasteiger partial charge >= 0.3 is 0 Å². The molecule has 0 saturated carbocycles. The Hall–Kier alpha value is -3.39. The van der Waals surface area contributed by atoms with Crippen LogP contribution in [0, 0.1) is 13.8 Å². The molecule has 3 heterocycles. The van der Waals surface area contributed by atoms with Gasteiger partial charge in [0.05, 0.1) is 41.4 Å². The molecule has 0 saturated heterocycles. The second-order valence-corrected chi connectivity index (χ2v) is 8.71. The maximum absolute atomic E-state index is 13.7. The van der Waals surface area contributed by atoms with Gasteiger partial charge in [0.2, 0.25) is 0 Å². The van der Waals surface area contributed by atoms with Crippen LogP contribution in [0.3, 0.4) is 0 Å². The van der Waals surface area contributed by atoms with E-state index in [1.165, 1.54) is 4.88 Å². The largest absolute Gasteiger partial charge is 0.493 e. The monoisotopic (exact) mass is 451 g/mol. The van der Waals surface area contributed by atoms with Gasteiger partial charge in [0.1, 0.15) is 0 Å². The number of amides is 1. The van der Waals surface area contributed by atoms with Gasteiger partial charge in [-0.25, -0.2) is 4.98 Å². The van der Waals surface area contributed by atoms with Gasteiger partial charge in [-0.1, -0.05) is 11.2 Å². The zero-order valence-electron chi connectivity index (χ0n) is 18.8. The lowest BCUT2D eigenvalue weighted by Gasteiger charge is -2.22. The fraction of sp³-hybridized carbons (Fsp3) is 0.292. The zero-order chi connectivity index (χ0) is 22.8. The molecule has 4 rings (SSSR count). The molecule has 32 heavy (non-hydrogen) atoms. The van der Waals surface area contributed by atoms with Gasteiger partial charge in [-0.2, -0.15) is 0 Å². The molecule has 7 nitrogen and oxygen atoms in total. The molecule has 166 valence electrons. The van der Waals surface area contributed by atoms with E-state index in [0.29, 0.717) is 52.6 Å². The van der Waals surface area contributed by atoms with Gasteiger partial charge < -0.3 is 18.9 Å². The molecule has 0 aliphatic carbocycles. The summed E-state index contributed by atoms with van der Waals surface area (Å²) in [5, 5.41) is 4.71. The number of carbonyl (C=O) groups is 1. The Bertz CT molecular complexity index is 1280. The molecule has 0 atom stereocenters. The van der Waals surface area contributed by atoms with E-state index >= 15 is 0 Å². The van der Waals surface area contributed by atoms with Crippen LogP contribution in [0.1, 0.15) is 33.4 Å². The topological polar surface area (TPSA) is 77.7 Å². The molecule has 3 aromatic heterocycles. The number of rotatable bonds is 7. The highest BCUT2D eigenvalue weighted by molar-refractivity contribution is 7.15. The number of pyridine rings is 1. The van der Waals surface area contributed by atoms with Crippen LogP contribution < -0.4 is 9.47 Å². The van der Waals surface area contributed by atoms with E-state index in [9.17, 15) is 4.79 Å². The average Bonchev–Trinajstić information content (AvgIpc) is 3.41. The van der Waals surface area contributed by atoms with Gasteiger partial charge in [-0.05, 0) is 56.7 Å². The van der Waals surface area contributed by atoms with Crippen molar-refractivity contribution in [1.82, 2.24) is 15.0 Å². The molecule has 0 N–H and O–H groups in total. The van der Waals surface area contributed by atoms with Gasteiger partial charge in [-0.3, -0.25) is 4.79 Å². The maximum atomic E-state index is 13.7. The quantitative estimate of drug-likeness (QED) is 0.382. The number of thiophene rings is 1. The summed E-state index contributed by atoms with van der Waals surface area (Å²) >= 11 is 1.63. The number of aromatic nitrogens is 2. The minimum absolute atomic E-state index is 0.101. The highest BCUT2D eigenvalue weighted by atomic mass is 32.1. The first-order valence-corrected chi connectivity index (χ1v) is 11.1. The number of hydrogen-bond donors (Lipinski definition) is 0. The van der Waals surface area contributed by atoms with Gasteiger partial charge in [-0.15, -0.1) is 11.3 Å². The third kappa shape index (κ3) is 4.05. The second kappa shape index (κ2) is 9.00. The first kappa shape index (κ1) is 21.8. The van der Waals surface area contributed by atoms with E-state index in [-0.39, 0.29) is 5.91 Å². The van der Waals surface area contributed by atoms with E-state index in [4.69, 9.17) is 14.0 Å². The molecule has 0 radical (unpaired) electrons. The van der Waals surface area contributed by atoms with E-state index in [1.54, 1.807) is 30.5 Å². The molecule has 1 aromatic carbocycles. The van der Waals surface area contributed by atoms with E-state index < -0.39 is 0 Å². The van der Waals surface area contributed by atoms with Crippen LogP contribution in [0.5, 0.6) is 11.5 Å². The summed E-state index contributed by atoms with van der Waals surface area (Å²) in [5.41, 5.74) is 3.21. The van der Waals surface area contributed by atoms with Crippen LogP contribution in [0.2, 0.25) is 0 Å². The summed E-state index contributed by atoms with van der Waals surface area (Å²) in [6.07, 6.45) is 0. The molecule has 0 fully saturated rings. The number of aryl methyl sites for hydroxylation is 2. The number of ether oxygens (including phenoxy) is 2.